The number of hydrogen-bond donors (Lipinski definition) is 1. The van der Waals surface area contributed by atoms with E-state index in [4.69, 9.17) is 0 Å². The number of anilines is 1. The molecule has 0 unspecified atom stereocenters. The van der Waals surface area contributed by atoms with Crippen LogP contribution in [0.1, 0.15) is 12.5 Å². The fourth-order valence-electron chi connectivity index (χ4n) is 3.40. The summed E-state index contributed by atoms with van der Waals surface area (Å²) in [6.45, 7) is 4.46. The fourth-order valence-corrected chi connectivity index (χ4v) is 3.40. The van der Waals surface area contributed by atoms with Gasteiger partial charge in [0.15, 0.2) is 11.2 Å². The lowest BCUT2D eigenvalue weighted by Crippen LogP contribution is -2.37. The van der Waals surface area contributed by atoms with E-state index in [-0.39, 0.29) is 5.56 Å². The number of fused-ring (bicyclic) bond motifs is 3. The van der Waals surface area contributed by atoms with Gasteiger partial charge in [-0.3, -0.25) is 14.3 Å². The lowest BCUT2D eigenvalue weighted by molar-refractivity contribution is 0.435. The number of aryl methyl sites for hydroxylation is 1. The van der Waals surface area contributed by atoms with Crippen LogP contribution in [0.5, 0.6) is 0 Å². The lowest BCUT2D eigenvalue weighted by atomic mass is 10.1. The monoisotopic (exact) mass is 325 g/mol. The molecule has 0 saturated heterocycles. The molecule has 1 atom stereocenters. The molecule has 7 heteroatoms. The van der Waals surface area contributed by atoms with Crippen molar-refractivity contribution in [2.45, 2.75) is 20.0 Å². The van der Waals surface area contributed by atoms with Crippen molar-refractivity contribution in [2.75, 3.05) is 11.4 Å². The van der Waals surface area contributed by atoms with Crippen molar-refractivity contribution in [1.29, 1.82) is 0 Å². The van der Waals surface area contributed by atoms with Crippen molar-refractivity contribution in [1.82, 2.24) is 19.1 Å². The average Bonchev–Trinajstić information content (AvgIpc) is 2.94. The first-order chi connectivity index (χ1) is 11.5. The van der Waals surface area contributed by atoms with Gasteiger partial charge in [-0.05, 0) is 11.5 Å². The number of nitrogens with zero attached hydrogens (tertiary/aromatic N) is 4. The van der Waals surface area contributed by atoms with E-state index >= 15 is 0 Å². The normalized spacial score (nSPS) is 17.2. The van der Waals surface area contributed by atoms with E-state index in [1.54, 1.807) is 7.05 Å². The lowest BCUT2D eigenvalue weighted by Gasteiger charge is -2.33. The summed E-state index contributed by atoms with van der Waals surface area (Å²) in [4.78, 5) is 33.3. The van der Waals surface area contributed by atoms with Gasteiger partial charge in [-0.15, -0.1) is 0 Å². The topological polar surface area (TPSA) is 75.9 Å². The van der Waals surface area contributed by atoms with Crippen molar-refractivity contribution < 1.29 is 0 Å². The summed E-state index contributed by atoms with van der Waals surface area (Å²) in [5, 5.41) is 0. The SMILES string of the molecule is C[C@H]1CN(Cc2ccccc2)c2nc3c(c(=O)[nH]c(=O)n3C)n2C1. The molecule has 24 heavy (non-hydrogen) atoms. The van der Waals surface area contributed by atoms with Gasteiger partial charge in [-0.2, -0.15) is 4.98 Å². The van der Waals surface area contributed by atoms with Crippen molar-refractivity contribution in [3.8, 4) is 0 Å². The average molecular weight is 325 g/mol. The highest BCUT2D eigenvalue weighted by Gasteiger charge is 2.27. The van der Waals surface area contributed by atoms with E-state index in [9.17, 15) is 9.59 Å². The molecule has 1 N–H and O–H groups in total. The van der Waals surface area contributed by atoms with Gasteiger partial charge in [0.05, 0.1) is 0 Å². The number of H-pyrrole nitrogens is 1. The standard InChI is InChI=1S/C17H19N5O2/c1-11-8-21(10-12-6-4-3-5-7-12)16-18-14-13(22(16)9-11)15(23)19-17(24)20(14)2/h3-7,11H,8-10H2,1-2H3,(H,19,23,24)/t11-/m0/s1. The summed E-state index contributed by atoms with van der Waals surface area (Å²) in [5.41, 5.74) is 1.28. The van der Waals surface area contributed by atoms with Crippen LogP contribution >= 0.6 is 0 Å². The first-order valence-corrected chi connectivity index (χ1v) is 8.03. The van der Waals surface area contributed by atoms with Crippen LogP contribution < -0.4 is 16.1 Å². The quantitative estimate of drug-likeness (QED) is 0.765. The summed E-state index contributed by atoms with van der Waals surface area (Å²) in [6.07, 6.45) is 0. The van der Waals surface area contributed by atoms with Crippen LogP contribution in [-0.4, -0.2) is 25.6 Å². The third-order valence-corrected chi connectivity index (χ3v) is 4.51. The zero-order valence-corrected chi connectivity index (χ0v) is 13.7. The minimum atomic E-state index is -0.439. The highest BCUT2D eigenvalue weighted by molar-refractivity contribution is 5.74. The zero-order chi connectivity index (χ0) is 16.8. The molecule has 0 bridgehead atoms. The Labute approximate surface area is 138 Å². The first kappa shape index (κ1) is 14.7. The largest absolute Gasteiger partial charge is 0.338 e. The number of rotatable bonds is 2. The summed E-state index contributed by atoms with van der Waals surface area (Å²) < 4.78 is 3.33. The number of nitrogens with one attached hydrogen (secondary N) is 1. The summed E-state index contributed by atoms with van der Waals surface area (Å²) in [5.74, 6) is 1.13. The molecule has 124 valence electrons. The van der Waals surface area contributed by atoms with Crippen molar-refractivity contribution in [3.63, 3.8) is 0 Å². The van der Waals surface area contributed by atoms with Gasteiger partial charge >= 0.3 is 5.69 Å². The van der Waals surface area contributed by atoms with Crippen LogP contribution in [0.3, 0.4) is 0 Å². The summed E-state index contributed by atoms with van der Waals surface area (Å²) >= 11 is 0. The fraction of sp³-hybridized carbons (Fsp3) is 0.353. The van der Waals surface area contributed by atoms with E-state index in [2.05, 4.69) is 33.9 Å². The Morgan fingerprint density at radius 3 is 2.71 bits per heavy atom. The van der Waals surface area contributed by atoms with Crippen molar-refractivity contribution >= 4 is 17.1 Å². The zero-order valence-electron chi connectivity index (χ0n) is 13.7. The molecule has 4 rings (SSSR count). The summed E-state index contributed by atoms with van der Waals surface area (Å²) in [6, 6.07) is 10.2. The third-order valence-electron chi connectivity index (χ3n) is 4.51. The van der Waals surface area contributed by atoms with Crippen LogP contribution in [0.4, 0.5) is 5.95 Å². The van der Waals surface area contributed by atoms with E-state index in [1.165, 1.54) is 10.1 Å². The molecule has 0 aliphatic carbocycles. The number of aromatic nitrogens is 4. The number of benzene rings is 1. The molecule has 0 spiro atoms. The van der Waals surface area contributed by atoms with E-state index in [1.807, 2.05) is 22.8 Å². The molecule has 2 aromatic heterocycles. The van der Waals surface area contributed by atoms with Crippen LogP contribution in [-0.2, 0) is 20.1 Å². The number of hydrogen-bond acceptors (Lipinski definition) is 4. The van der Waals surface area contributed by atoms with E-state index in [0.29, 0.717) is 17.1 Å². The molecule has 1 aromatic carbocycles. The van der Waals surface area contributed by atoms with Crippen molar-refractivity contribution in [2.24, 2.45) is 13.0 Å². The highest BCUT2D eigenvalue weighted by atomic mass is 16.2. The minimum absolute atomic E-state index is 0.374. The highest BCUT2D eigenvalue weighted by Crippen LogP contribution is 2.27. The smallest absolute Gasteiger partial charge is 0.329 e. The molecule has 3 aromatic rings. The molecule has 1 aliphatic heterocycles. The molecular formula is C17H19N5O2. The predicted molar refractivity (Wildman–Crippen MR) is 92.3 cm³/mol. The van der Waals surface area contributed by atoms with Gasteiger partial charge in [0, 0.05) is 26.7 Å². The molecule has 0 amide bonds. The van der Waals surface area contributed by atoms with E-state index < -0.39 is 5.69 Å². The molecule has 0 fully saturated rings. The Balaban J connectivity index is 1.89. The molecule has 1 aliphatic rings. The van der Waals surface area contributed by atoms with Gasteiger partial charge in [0.1, 0.15) is 0 Å². The first-order valence-electron chi connectivity index (χ1n) is 8.03. The Bertz CT molecular complexity index is 1020. The van der Waals surface area contributed by atoms with Gasteiger partial charge in [-0.25, -0.2) is 4.79 Å². The Kier molecular flexibility index (Phi) is 3.30. The van der Waals surface area contributed by atoms with Crippen LogP contribution in [0.25, 0.3) is 11.2 Å². The Morgan fingerprint density at radius 1 is 1.21 bits per heavy atom. The molecular weight excluding hydrogens is 306 g/mol. The Morgan fingerprint density at radius 2 is 1.96 bits per heavy atom. The van der Waals surface area contributed by atoms with Crippen LogP contribution in [0.15, 0.2) is 39.9 Å². The second-order valence-corrected chi connectivity index (χ2v) is 6.48. The van der Waals surface area contributed by atoms with Crippen LogP contribution in [0, 0.1) is 5.92 Å². The minimum Gasteiger partial charge on any atom is -0.338 e. The molecule has 0 radical (unpaired) electrons. The number of aromatic amines is 1. The molecule has 0 saturated carbocycles. The second kappa shape index (κ2) is 5.36. The maximum atomic E-state index is 12.3. The van der Waals surface area contributed by atoms with Gasteiger partial charge in [0.25, 0.3) is 5.56 Å². The maximum Gasteiger partial charge on any atom is 0.329 e. The Hall–Kier alpha value is -2.83. The number of imidazole rings is 1. The van der Waals surface area contributed by atoms with Gasteiger partial charge in [-0.1, -0.05) is 37.3 Å². The van der Waals surface area contributed by atoms with E-state index in [0.717, 1.165) is 25.6 Å². The maximum absolute atomic E-state index is 12.3. The second-order valence-electron chi connectivity index (χ2n) is 6.48. The molecule has 3 heterocycles. The van der Waals surface area contributed by atoms with Crippen LogP contribution in [0.2, 0.25) is 0 Å². The van der Waals surface area contributed by atoms with Gasteiger partial charge < -0.3 is 9.47 Å². The van der Waals surface area contributed by atoms with Crippen molar-refractivity contribution in [3.05, 3.63) is 56.7 Å². The molecule has 7 nitrogen and oxygen atoms in total. The predicted octanol–water partition coefficient (Wildman–Crippen LogP) is 1.08. The summed E-state index contributed by atoms with van der Waals surface area (Å²) in [7, 11) is 1.63. The van der Waals surface area contributed by atoms with Gasteiger partial charge in [0.2, 0.25) is 5.95 Å². The third kappa shape index (κ3) is 2.24.